The van der Waals surface area contributed by atoms with E-state index in [9.17, 15) is 14.7 Å². The van der Waals surface area contributed by atoms with E-state index < -0.39 is 0 Å². The Balaban J connectivity index is 1.47. The number of nitrogens with two attached hydrogens (primary N) is 1. The van der Waals surface area contributed by atoms with E-state index >= 15 is 0 Å². The molecule has 1 aliphatic rings. The second kappa shape index (κ2) is 7.77. The van der Waals surface area contributed by atoms with Crippen LogP contribution in [0.1, 0.15) is 10.4 Å². The molecule has 3 rings (SSSR count). The minimum absolute atomic E-state index is 0.0165. The lowest BCUT2D eigenvalue weighted by Crippen LogP contribution is -2.51. The molecule has 7 nitrogen and oxygen atoms in total. The summed E-state index contributed by atoms with van der Waals surface area (Å²) >= 11 is 0. The molecule has 0 saturated carbocycles. The van der Waals surface area contributed by atoms with Gasteiger partial charge in [0, 0.05) is 43.1 Å². The maximum absolute atomic E-state index is 12.3. The normalized spacial score (nSPS) is 14.2. The van der Waals surface area contributed by atoms with E-state index in [1.54, 1.807) is 17.0 Å². The van der Waals surface area contributed by atoms with Crippen molar-refractivity contribution in [1.29, 1.82) is 0 Å². The van der Waals surface area contributed by atoms with Crippen molar-refractivity contribution in [3.05, 3.63) is 54.1 Å². The topological polar surface area (TPSA) is 98.9 Å². The molecule has 2 aromatic rings. The molecule has 1 aliphatic heterocycles. The van der Waals surface area contributed by atoms with Crippen molar-refractivity contribution in [3.8, 4) is 5.75 Å². The number of hydrogen-bond donors (Lipinski definition) is 3. The minimum atomic E-state index is -0.380. The number of benzene rings is 2. The first-order valence-corrected chi connectivity index (χ1v) is 8.48. The first-order chi connectivity index (χ1) is 12.5. The van der Waals surface area contributed by atoms with Gasteiger partial charge in [0.1, 0.15) is 5.75 Å². The van der Waals surface area contributed by atoms with Crippen molar-refractivity contribution in [2.24, 2.45) is 0 Å². The third-order valence-corrected chi connectivity index (χ3v) is 4.40. The average Bonchev–Trinajstić information content (AvgIpc) is 2.66. The van der Waals surface area contributed by atoms with Gasteiger partial charge in [-0.25, -0.2) is 0 Å². The van der Waals surface area contributed by atoms with Gasteiger partial charge in [-0.15, -0.1) is 0 Å². The van der Waals surface area contributed by atoms with Crippen LogP contribution in [0.2, 0.25) is 0 Å². The Kier molecular flexibility index (Phi) is 5.26. The summed E-state index contributed by atoms with van der Waals surface area (Å²) in [6.45, 7) is 2.61. The monoisotopic (exact) mass is 354 g/mol. The highest BCUT2D eigenvalue weighted by Crippen LogP contribution is 2.18. The molecule has 0 bridgehead atoms. The largest absolute Gasteiger partial charge is 0.508 e. The second-order valence-electron chi connectivity index (χ2n) is 6.19. The number of carbonyl (C=O) groups excluding carboxylic acids is 2. The maximum Gasteiger partial charge on any atom is 0.251 e. The van der Waals surface area contributed by atoms with Crippen LogP contribution in [0.15, 0.2) is 48.5 Å². The van der Waals surface area contributed by atoms with Crippen molar-refractivity contribution in [3.63, 3.8) is 0 Å². The Morgan fingerprint density at radius 2 is 1.73 bits per heavy atom. The Bertz CT molecular complexity index is 784. The molecule has 0 unspecified atom stereocenters. The molecule has 26 heavy (non-hydrogen) atoms. The number of phenols is 1. The highest BCUT2D eigenvalue weighted by atomic mass is 16.3. The minimum Gasteiger partial charge on any atom is -0.508 e. The van der Waals surface area contributed by atoms with Gasteiger partial charge >= 0.3 is 0 Å². The van der Waals surface area contributed by atoms with E-state index in [1.807, 2.05) is 24.3 Å². The van der Waals surface area contributed by atoms with Crippen LogP contribution in [-0.4, -0.2) is 54.5 Å². The van der Waals surface area contributed by atoms with Gasteiger partial charge in [0.15, 0.2) is 0 Å². The summed E-state index contributed by atoms with van der Waals surface area (Å²) in [6.07, 6.45) is 0. The quantitative estimate of drug-likeness (QED) is 0.713. The lowest BCUT2D eigenvalue weighted by atomic mass is 10.2. The molecule has 7 heteroatoms. The molecule has 0 spiro atoms. The molecule has 0 aliphatic carbocycles. The number of hydrogen-bond acceptors (Lipinski definition) is 5. The molecule has 2 amide bonds. The second-order valence-corrected chi connectivity index (χ2v) is 6.19. The zero-order valence-electron chi connectivity index (χ0n) is 14.4. The third-order valence-electron chi connectivity index (χ3n) is 4.40. The Morgan fingerprint density at radius 1 is 1.04 bits per heavy atom. The first kappa shape index (κ1) is 17.6. The molecule has 1 saturated heterocycles. The van der Waals surface area contributed by atoms with Gasteiger partial charge in [-0.1, -0.05) is 6.07 Å². The molecule has 2 aromatic carbocycles. The number of phenolic OH excluding ortho intramolecular Hbond substituents is 1. The van der Waals surface area contributed by atoms with Crippen LogP contribution >= 0.6 is 0 Å². The highest BCUT2D eigenvalue weighted by Gasteiger charge is 2.21. The molecular weight excluding hydrogens is 332 g/mol. The molecule has 136 valence electrons. The SMILES string of the molecule is Nc1ccc(N2CCN(C(=O)CNC(=O)c3cccc(O)c3)CC2)cc1. The Labute approximate surface area is 152 Å². The molecule has 1 fully saturated rings. The molecule has 1 heterocycles. The van der Waals surface area contributed by atoms with Crippen LogP contribution in [0.25, 0.3) is 0 Å². The number of nitrogens with one attached hydrogen (secondary N) is 1. The molecule has 0 aromatic heterocycles. The summed E-state index contributed by atoms with van der Waals surface area (Å²) in [5.41, 5.74) is 7.84. The predicted molar refractivity (Wildman–Crippen MR) is 100 cm³/mol. The summed E-state index contributed by atoms with van der Waals surface area (Å²) in [6, 6.07) is 13.7. The number of aromatic hydroxyl groups is 1. The lowest BCUT2D eigenvalue weighted by molar-refractivity contribution is -0.130. The molecule has 0 atom stereocenters. The van der Waals surface area contributed by atoms with Gasteiger partial charge in [0.2, 0.25) is 5.91 Å². The molecule has 0 radical (unpaired) electrons. The summed E-state index contributed by atoms with van der Waals surface area (Å²) in [7, 11) is 0. The number of nitrogens with zero attached hydrogens (tertiary/aromatic N) is 2. The van der Waals surface area contributed by atoms with Crippen molar-refractivity contribution < 1.29 is 14.7 Å². The van der Waals surface area contributed by atoms with E-state index in [0.717, 1.165) is 24.5 Å². The number of piperazine rings is 1. The third kappa shape index (κ3) is 4.24. The zero-order valence-corrected chi connectivity index (χ0v) is 14.4. The number of amides is 2. The van der Waals surface area contributed by atoms with Crippen molar-refractivity contribution in [2.75, 3.05) is 43.4 Å². The fraction of sp³-hybridized carbons (Fsp3) is 0.263. The molecular formula is C19H22N4O3. The van der Waals surface area contributed by atoms with E-state index in [4.69, 9.17) is 5.73 Å². The van der Waals surface area contributed by atoms with E-state index in [-0.39, 0.29) is 24.1 Å². The van der Waals surface area contributed by atoms with Crippen LogP contribution in [0.5, 0.6) is 5.75 Å². The van der Waals surface area contributed by atoms with Crippen molar-refractivity contribution in [2.45, 2.75) is 0 Å². The lowest BCUT2D eigenvalue weighted by Gasteiger charge is -2.36. The molecule has 4 N–H and O–H groups in total. The number of rotatable bonds is 4. The summed E-state index contributed by atoms with van der Waals surface area (Å²) in [5.74, 6) is -0.479. The fourth-order valence-corrected chi connectivity index (χ4v) is 2.92. The van der Waals surface area contributed by atoms with Gasteiger partial charge in [-0.2, -0.15) is 0 Å². The van der Waals surface area contributed by atoms with E-state index in [2.05, 4.69) is 10.2 Å². The number of nitrogen functional groups attached to an aromatic ring is 1. The van der Waals surface area contributed by atoms with Gasteiger partial charge in [-0.05, 0) is 42.5 Å². The van der Waals surface area contributed by atoms with Crippen LogP contribution in [0.4, 0.5) is 11.4 Å². The van der Waals surface area contributed by atoms with Crippen LogP contribution in [0, 0.1) is 0 Å². The highest BCUT2D eigenvalue weighted by molar-refractivity contribution is 5.96. The summed E-state index contributed by atoms with van der Waals surface area (Å²) < 4.78 is 0. The summed E-state index contributed by atoms with van der Waals surface area (Å²) in [4.78, 5) is 28.3. The van der Waals surface area contributed by atoms with Gasteiger partial charge in [0.05, 0.1) is 6.54 Å². The van der Waals surface area contributed by atoms with Gasteiger partial charge in [-0.3, -0.25) is 9.59 Å². The first-order valence-electron chi connectivity index (χ1n) is 8.48. The standard InChI is InChI=1S/C19H22N4O3/c20-15-4-6-16(7-5-15)22-8-10-23(11-9-22)18(25)13-21-19(26)14-2-1-3-17(24)12-14/h1-7,12,24H,8-11,13,20H2,(H,21,26). The predicted octanol–water partition coefficient (Wildman–Crippen LogP) is 1.05. The van der Waals surface area contributed by atoms with Crippen molar-refractivity contribution in [1.82, 2.24) is 10.2 Å². The zero-order chi connectivity index (χ0) is 18.5. The van der Waals surface area contributed by atoms with E-state index in [1.165, 1.54) is 12.1 Å². The maximum atomic E-state index is 12.3. The van der Waals surface area contributed by atoms with Crippen LogP contribution in [0.3, 0.4) is 0 Å². The fourth-order valence-electron chi connectivity index (χ4n) is 2.92. The van der Waals surface area contributed by atoms with Gasteiger partial charge < -0.3 is 26.0 Å². The van der Waals surface area contributed by atoms with Crippen molar-refractivity contribution >= 4 is 23.2 Å². The van der Waals surface area contributed by atoms with Crippen LogP contribution < -0.4 is 16.0 Å². The Morgan fingerprint density at radius 3 is 2.38 bits per heavy atom. The van der Waals surface area contributed by atoms with E-state index in [0.29, 0.717) is 18.7 Å². The smallest absolute Gasteiger partial charge is 0.251 e. The Hall–Kier alpha value is -3.22. The number of anilines is 2. The summed E-state index contributed by atoms with van der Waals surface area (Å²) in [5, 5.41) is 12.0. The van der Waals surface area contributed by atoms with Gasteiger partial charge in [0.25, 0.3) is 5.91 Å². The average molecular weight is 354 g/mol. The van der Waals surface area contributed by atoms with Crippen LogP contribution in [-0.2, 0) is 4.79 Å². The number of carbonyl (C=O) groups is 2.